The quantitative estimate of drug-likeness (QED) is 0.584. The minimum Gasteiger partial charge on any atom is -0.408 e. The third-order valence-electron chi connectivity index (χ3n) is 4.89. The fraction of sp³-hybridized carbons (Fsp3) is 0.211. The van der Waals surface area contributed by atoms with Gasteiger partial charge in [-0.1, -0.05) is 6.07 Å². The van der Waals surface area contributed by atoms with Crippen LogP contribution in [-0.2, 0) is 30.7 Å². The van der Waals surface area contributed by atoms with E-state index in [4.69, 9.17) is 4.42 Å². The Kier molecular flexibility index (Phi) is 3.97. The fourth-order valence-electron chi connectivity index (χ4n) is 3.19. The zero-order valence-corrected chi connectivity index (χ0v) is 16.0. The summed E-state index contributed by atoms with van der Waals surface area (Å²) in [5.41, 5.74) is 3.89. The Labute approximate surface area is 155 Å². The number of sulfonamides is 1. The number of rotatable bonds is 4. The van der Waals surface area contributed by atoms with Crippen molar-refractivity contribution in [2.24, 2.45) is 14.1 Å². The highest BCUT2D eigenvalue weighted by Crippen LogP contribution is 2.21. The van der Waals surface area contributed by atoms with E-state index in [1.54, 1.807) is 13.1 Å². The normalized spacial score (nSPS) is 12.3. The van der Waals surface area contributed by atoms with Gasteiger partial charge in [0, 0.05) is 43.3 Å². The van der Waals surface area contributed by atoms with E-state index in [9.17, 15) is 13.2 Å². The number of aryl methyl sites for hydroxylation is 3. The summed E-state index contributed by atoms with van der Waals surface area (Å²) in [4.78, 5) is 11.6. The largest absolute Gasteiger partial charge is 0.419 e. The van der Waals surface area contributed by atoms with Crippen LogP contribution in [0.3, 0.4) is 0 Å². The second-order valence-electron chi connectivity index (χ2n) is 6.62. The molecule has 0 bridgehead atoms. The van der Waals surface area contributed by atoms with Crippen LogP contribution in [0.2, 0.25) is 0 Å². The molecule has 7 nitrogen and oxygen atoms in total. The summed E-state index contributed by atoms with van der Waals surface area (Å²) in [6, 6.07) is 12.3. The standard InChI is InChI=1S/C19H19N3O4S/c1-12-8-14-9-13(4-6-16(14)21(12)2)11-20-27(24,25)15-5-7-17-18(10-15)26-19(23)22(17)3/h4-10,20H,11H2,1-3H3. The molecule has 0 aliphatic rings. The van der Waals surface area contributed by atoms with E-state index >= 15 is 0 Å². The van der Waals surface area contributed by atoms with Crippen molar-refractivity contribution in [1.82, 2.24) is 13.9 Å². The molecule has 2 aromatic heterocycles. The van der Waals surface area contributed by atoms with Gasteiger partial charge in [-0.3, -0.25) is 4.57 Å². The predicted octanol–water partition coefficient (Wildman–Crippen LogP) is 2.41. The number of fused-ring (bicyclic) bond motifs is 2. The lowest BCUT2D eigenvalue weighted by atomic mass is 10.1. The number of nitrogens with one attached hydrogen (secondary N) is 1. The second kappa shape index (κ2) is 6.11. The molecule has 4 aromatic rings. The first-order valence-corrected chi connectivity index (χ1v) is 9.89. The van der Waals surface area contributed by atoms with Gasteiger partial charge in [-0.15, -0.1) is 0 Å². The molecule has 0 amide bonds. The second-order valence-corrected chi connectivity index (χ2v) is 8.39. The molecular formula is C19H19N3O4S. The summed E-state index contributed by atoms with van der Waals surface area (Å²) < 4.78 is 36.3. The van der Waals surface area contributed by atoms with Crippen LogP contribution in [0.1, 0.15) is 11.3 Å². The minimum absolute atomic E-state index is 0.0565. The number of benzene rings is 2. The zero-order chi connectivity index (χ0) is 19.3. The Morgan fingerprint density at radius 1 is 1.00 bits per heavy atom. The average Bonchev–Trinajstić information content (AvgIpc) is 3.08. The zero-order valence-electron chi connectivity index (χ0n) is 15.2. The molecule has 0 radical (unpaired) electrons. The first-order valence-electron chi connectivity index (χ1n) is 8.40. The van der Waals surface area contributed by atoms with Crippen LogP contribution in [0.25, 0.3) is 22.0 Å². The first kappa shape index (κ1) is 17.6. The van der Waals surface area contributed by atoms with Crippen molar-refractivity contribution in [2.75, 3.05) is 0 Å². The summed E-state index contributed by atoms with van der Waals surface area (Å²) >= 11 is 0. The van der Waals surface area contributed by atoms with Crippen molar-refractivity contribution in [1.29, 1.82) is 0 Å². The molecule has 140 valence electrons. The van der Waals surface area contributed by atoms with Crippen molar-refractivity contribution >= 4 is 32.0 Å². The van der Waals surface area contributed by atoms with Gasteiger partial charge in [-0.05, 0) is 42.8 Å². The van der Waals surface area contributed by atoms with Gasteiger partial charge < -0.3 is 8.98 Å². The van der Waals surface area contributed by atoms with Crippen molar-refractivity contribution < 1.29 is 12.8 Å². The Hall–Kier alpha value is -2.84. The number of hydrogen-bond donors (Lipinski definition) is 1. The van der Waals surface area contributed by atoms with Crippen LogP contribution in [0.5, 0.6) is 0 Å². The molecule has 8 heteroatoms. The topological polar surface area (TPSA) is 86.2 Å². The Morgan fingerprint density at radius 3 is 2.52 bits per heavy atom. The summed E-state index contributed by atoms with van der Waals surface area (Å²) in [5, 5.41) is 1.07. The molecule has 2 heterocycles. The Bertz CT molecular complexity index is 1340. The number of oxazole rings is 1. The molecule has 0 atom stereocenters. The highest BCUT2D eigenvalue weighted by Gasteiger charge is 2.17. The SMILES string of the molecule is Cc1cc2cc(CNS(=O)(=O)c3ccc4c(c3)oc(=O)n4C)ccc2n1C. The van der Waals surface area contributed by atoms with Crippen LogP contribution in [0.4, 0.5) is 0 Å². The number of aromatic nitrogens is 2. The third kappa shape index (κ3) is 2.96. The molecule has 0 unspecified atom stereocenters. The third-order valence-corrected chi connectivity index (χ3v) is 6.29. The van der Waals surface area contributed by atoms with Gasteiger partial charge in [-0.2, -0.15) is 0 Å². The van der Waals surface area contributed by atoms with E-state index in [0.29, 0.717) is 5.52 Å². The van der Waals surface area contributed by atoms with Crippen molar-refractivity contribution in [3.63, 3.8) is 0 Å². The molecule has 0 spiro atoms. The average molecular weight is 385 g/mol. The molecule has 0 aliphatic heterocycles. The lowest BCUT2D eigenvalue weighted by molar-refractivity contribution is 0.527. The van der Waals surface area contributed by atoms with Gasteiger partial charge in [0.15, 0.2) is 5.58 Å². The van der Waals surface area contributed by atoms with Crippen molar-refractivity contribution in [2.45, 2.75) is 18.4 Å². The highest BCUT2D eigenvalue weighted by molar-refractivity contribution is 7.89. The lowest BCUT2D eigenvalue weighted by Crippen LogP contribution is -2.23. The minimum atomic E-state index is -3.74. The maximum atomic E-state index is 12.6. The van der Waals surface area contributed by atoms with Gasteiger partial charge >= 0.3 is 5.76 Å². The highest BCUT2D eigenvalue weighted by atomic mass is 32.2. The summed E-state index contributed by atoms with van der Waals surface area (Å²) in [7, 11) is -0.167. The first-order chi connectivity index (χ1) is 12.8. The van der Waals surface area contributed by atoms with Crippen molar-refractivity contribution in [3.8, 4) is 0 Å². The maximum absolute atomic E-state index is 12.6. The fourth-order valence-corrected chi connectivity index (χ4v) is 4.22. The Balaban J connectivity index is 1.61. The van der Waals surface area contributed by atoms with E-state index in [2.05, 4.69) is 15.4 Å². The lowest BCUT2D eigenvalue weighted by Gasteiger charge is -2.07. The van der Waals surface area contributed by atoms with Gasteiger partial charge in [0.05, 0.1) is 10.4 Å². The van der Waals surface area contributed by atoms with Gasteiger partial charge in [0.25, 0.3) is 0 Å². The smallest absolute Gasteiger partial charge is 0.408 e. The van der Waals surface area contributed by atoms with Crippen LogP contribution < -0.4 is 10.5 Å². The number of hydrogen-bond acceptors (Lipinski definition) is 4. The summed E-state index contributed by atoms with van der Waals surface area (Å²) in [5.74, 6) is -0.529. The van der Waals surface area contributed by atoms with E-state index < -0.39 is 15.8 Å². The van der Waals surface area contributed by atoms with Crippen LogP contribution in [0.15, 0.2) is 56.6 Å². The molecule has 0 aliphatic carbocycles. The number of nitrogens with zero attached hydrogens (tertiary/aromatic N) is 2. The van der Waals surface area contributed by atoms with Crippen LogP contribution in [-0.4, -0.2) is 17.6 Å². The molecule has 2 aromatic carbocycles. The molecule has 0 saturated carbocycles. The molecule has 0 fully saturated rings. The van der Waals surface area contributed by atoms with E-state index in [1.165, 1.54) is 16.7 Å². The van der Waals surface area contributed by atoms with Crippen molar-refractivity contribution in [3.05, 3.63) is 64.3 Å². The molecule has 27 heavy (non-hydrogen) atoms. The predicted molar refractivity (Wildman–Crippen MR) is 103 cm³/mol. The van der Waals surface area contributed by atoms with E-state index in [0.717, 1.165) is 22.2 Å². The monoisotopic (exact) mass is 385 g/mol. The van der Waals surface area contributed by atoms with Gasteiger partial charge in [-0.25, -0.2) is 17.9 Å². The molecule has 1 N–H and O–H groups in total. The van der Waals surface area contributed by atoms with Gasteiger partial charge in [0.2, 0.25) is 10.0 Å². The molecule has 0 saturated heterocycles. The van der Waals surface area contributed by atoms with E-state index in [1.807, 2.05) is 32.2 Å². The molecular weight excluding hydrogens is 366 g/mol. The van der Waals surface area contributed by atoms with Gasteiger partial charge in [0.1, 0.15) is 0 Å². The summed E-state index contributed by atoms with van der Waals surface area (Å²) in [6.45, 7) is 2.20. The molecule has 4 rings (SSSR count). The maximum Gasteiger partial charge on any atom is 0.419 e. The summed E-state index contributed by atoms with van der Waals surface area (Å²) in [6.07, 6.45) is 0. The van der Waals surface area contributed by atoms with Crippen LogP contribution in [0, 0.1) is 6.92 Å². The van der Waals surface area contributed by atoms with E-state index in [-0.39, 0.29) is 17.0 Å². The van der Waals surface area contributed by atoms with Crippen LogP contribution >= 0.6 is 0 Å². The Morgan fingerprint density at radius 2 is 1.74 bits per heavy atom.